The van der Waals surface area contributed by atoms with Gasteiger partial charge in [-0.1, -0.05) is 18.9 Å². The van der Waals surface area contributed by atoms with Gasteiger partial charge in [0.25, 0.3) is 0 Å². The van der Waals surface area contributed by atoms with Gasteiger partial charge in [0.1, 0.15) is 11.5 Å². The van der Waals surface area contributed by atoms with Crippen LogP contribution in [0, 0.1) is 0 Å². The van der Waals surface area contributed by atoms with Crippen molar-refractivity contribution in [3.63, 3.8) is 0 Å². The summed E-state index contributed by atoms with van der Waals surface area (Å²) in [6.45, 7) is 0.914. The van der Waals surface area contributed by atoms with Gasteiger partial charge in [0, 0.05) is 24.2 Å². The monoisotopic (exact) mass is 292 g/mol. The molecule has 2 rings (SSSR count). The molecule has 0 spiro atoms. The van der Waals surface area contributed by atoms with E-state index in [1.807, 2.05) is 18.2 Å². The molecule has 1 fully saturated rings. The summed E-state index contributed by atoms with van der Waals surface area (Å²) < 4.78 is 10.5. The predicted molar refractivity (Wildman–Crippen MR) is 81.7 cm³/mol. The highest BCUT2D eigenvalue weighted by molar-refractivity contribution is 5.78. The molecule has 1 aliphatic rings. The van der Waals surface area contributed by atoms with E-state index in [0.717, 1.165) is 29.9 Å². The molecule has 0 bridgehead atoms. The van der Waals surface area contributed by atoms with E-state index in [1.165, 1.54) is 12.8 Å². The molecule has 21 heavy (non-hydrogen) atoms. The van der Waals surface area contributed by atoms with Crippen molar-refractivity contribution in [3.05, 3.63) is 23.8 Å². The van der Waals surface area contributed by atoms with Crippen LogP contribution in [0.5, 0.6) is 11.5 Å². The van der Waals surface area contributed by atoms with Gasteiger partial charge in [-0.25, -0.2) is 0 Å². The van der Waals surface area contributed by atoms with E-state index in [-0.39, 0.29) is 5.91 Å². The number of hydrogen-bond donors (Lipinski definition) is 2. The van der Waals surface area contributed by atoms with E-state index in [0.29, 0.717) is 19.1 Å². The van der Waals surface area contributed by atoms with Crippen LogP contribution in [-0.2, 0) is 11.3 Å². The zero-order chi connectivity index (χ0) is 15.1. The van der Waals surface area contributed by atoms with Gasteiger partial charge in [0.05, 0.1) is 20.8 Å². The maximum atomic E-state index is 11.8. The van der Waals surface area contributed by atoms with E-state index >= 15 is 0 Å². The Morgan fingerprint density at radius 1 is 1.24 bits per heavy atom. The normalized spacial score (nSPS) is 15.0. The standard InChI is InChI=1S/C16H24N2O3/c1-20-14-8-7-12(15(9-14)21-2)10-17-11-16(19)18-13-5-3-4-6-13/h7-9,13,17H,3-6,10-11H2,1-2H3,(H,18,19). The van der Waals surface area contributed by atoms with Crippen molar-refractivity contribution in [2.24, 2.45) is 0 Å². The first-order chi connectivity index (χ1) is 10.2. The topological polar surface area (TPSA) is 59.6 Å². The Kier molecular flexibility index (Phi) is 5.87. The average Bonchev–Trinajstić information content (AvgIpc) is 3.00. The highest BCUT2D eigenvalue weighted by atomic mass is 16.5. The molecular weight excluding hydrogens is 268 g/mol. The lowest BCUT2D eigenvalue weighted by Gasteiger charge is -2.13. The summed E-state index contributed by atoms with van der Waals surface area (Å²) in [5.41, 5.74) is 1.01. The molecule has 0 heterocycles. The van der Waals surface area contributed by atoms with Crippen LogP contribution < -0.4 is 20.1 Å². The molecule has 1 aromatic rings. The highest BCUT2D eigenvalue weighted by Gasteiger charge is 2.16. The number of carbonyl (C=O) groups is 1. The minimum atomic E-state index is 0.0642. The van der Waals surface area contributed by atoms with Crippen molar-refractivity contribution >= 4 is 5.91 Å². The fourth-order valence-electron chi connectivity index (χ4n) is 2.66. The third-order valence-electron chi connectivity index (χ3n) is 3.82. The zero-order valence-corrected chi connectivity index (χ0v) is 12.8. The first-order valence-corrected chi connectivity index (χ1v) is 7.44. The Morgan fingerprint density at radius 3 is 2.67 bits per heavy atom. The molecule has 1 saturated carbocycles. The van der Waals surface area contributed by atoms with Crippen LogP contribution in [0.3, 0.4) is 0 Å². The summed E-state index contributed by atoms with van der Waals surface area (Å²) in [6.07, 6.45) is 4.67. The first-order valence-electron chi connectivity index (χ1n) is 7.44. The van der Waals surface area contributed by atoms with Crippen molar-refractivity contribution in [1.82, 2.24) is 10.6 Å². The van der Waals surface area contributed by atoms with Crippen LogP contribution in [0.1, 0.15) is 31.2 Å². The fourth-order valence-corrected chi connectivity index (χ4v) is 2.66. The number of benzene rings is 1. The number of carbonyl (C=O) groups excluding carboxylic acids is 1. The molecule has 5 heteroatoms. The molecule has 5 nitrogen and oxygen atoms in total. The summed E-state index contributed by atoms with van der Waals surface area (Å²) in [5, 5.41) is 6.21. The van der Waals surface area contributed by atoms with Gasteiger partial charge < -0.3 is 20.1 Å². The number of ether oxygens (including phenoxy) is 2. The second kappa shape index (κ2) is 7.88. The summed E-state index contributed by atoms with van der Waals surface area (Å²) >= 11 is 0. The van der Waals surface area contributed by atoms with E-state index in [1.54, 1.807) is 14.2 Å². The van der Waals surface area contributed by atoms with Crippen molar-refractivity contribution in [2.75, 3.05) is 20.8 Å². The Bertz CT molecular complexity index is 471. The second-order valence-electron chi connectivity index (χ2n) is 5.33. The van der Waals surface area contributed by atoms with Gasteiger partial charge in [-0.15, -0.1) is 0 Å². The van der Waals surface area contributed by atoms with Crippen molar-refractivity contribution < 1.29 is 14.3 Å². The average molecular weight is 292 g/mol. The SMILES string of the molecule is COc1ccc(CNCC(=O)NC2CCCC2)c(OC)c1. The van der Waals surface area contributed by atoms with Crippen LogP contribution >= 0.6 is 0 Å². The number of amides is 1. The molecular formula is C16H24N2O3. The largest absolute Gasteiger partial charge is 0.497 e. The molecule has 0 atom stereocenters. The van der Waals surface area contributed by atoms with Gasteiger partial charge in [0.15, 0.2) is 0 Å². The summed E-state index contributed by atoms with van der Waals surface area (Å²) in [5.74, 6) is 1.59. The number of methoxy groups -OCH3 is 2. The van der Waals surface area contributed by atoms with Gasteiger partial charge >= 0.3 is 0 Å². The summed E-state index contributed by atoms with van der Waals surface area (Å²) in [7, 11) is 3.26. The lowest BCUT2D eigenvalue weighted by Crippen LogP contribution is -2.38. The maximum Gasteiger partial charge on any atom is 0.234 e. The van der Waals surface area contributed by atoms with E-state index in [9.17, 15) is 4.79 Å². The molecule has 1 aliphatic carbocycles. The lowest BCUT2D eigenvalue weighted by molar-refractivity contribution is -0.120. The highest BCUT2D eigenvalue weighted by Crippen LogP contribution is 2.24. The van der Waals surface area contributed by atoms with Crippen molar-refractivity contribution in [3.8, 4) is 11.5 Å². The Labute approximate surface area is 126 Å². The Morgan fingerprint density at radius 2 is 2.00 bits per heavy atom. The molecule has 1 aromatic carbocycles. The molecule has 0 aromatic heterocycles. The maximum absolute atomic E-state index is 11.8. The van der Waals surface area contributed by atoms with Gasteiger partial charge in [0.2, 0.25) is 5.91 Å². The van der Waals surface area contributed by atoms with Crippen LogP contribution in [0.15, 0.2) is 18.2 Å². The number of rotatable bonds is 7. The minimum absolute atomic E-state index is 0.0642. The molecule has 0 radical (unpaired) electrons. The Balaban J connectivity index is 1.78. The second-order valence-corrected chi connectivity index (χ2v) is 5.33. The van der Waals surface area contributed by atoms with E-state index < -0.39 is 0 Å². The summed E-state index contributed by atoms with van der Waals surface area (Å²) in [4.78, 5) is 11.8. The van der Waals surface area contributed by atoms with E-state index in [2.05, 4.69) is 10.6 Å². The molecule has 2 N–H and O–H groups in total. The number of hydrogen-bond acceptors (Lipinski definition) is 4. The lowest BCUT2D eigenvalue weighted by atomic mass is 10.2. The minimum Gasteiger partial charge on any atom is -0.497 e. The van der Waals surface area contributed by atoms with Crippen molar-refractivity contribution in [2.45, 2.75) is 38.3 Å². The van der Waals surface area contributed by atoms with Crippen LogP contribution in [0.2, 0.25) is 0 Å². The summed E-state index contributed by atoms with van der Waals surface area (Å²) in [6, 6.07) is 6.04. The van der Waals surface area contributed by atoms with Gasteiger partial charge in [-0.05, 0) is 18.9 Å². The number of nitrogens with one attached hydrogen (secondary N) is 2. The molecule has 1 amide bonds. The Hall–Kier alpha value is -1.75. The van der Waals surface area contributed by atoms with Crippen LogP contribution in [0.25, 0.3) is 0 Å². The van der Waals surface area contributed by atoms with Crippen LogP contribution in [-0.4, -0.2) is 32.7 Å². The smallest absolute Gasteiger partial charge is 0.234 e. The first kappa shape index (κ1) is 15.6. The van der Waals surface area contributed by atoms with Gasteiger partial charge in [-0.3, -0.25) is 4.79 Å². The quantitative estimate of drug-likeness (QED) is 0.805. The zero-order valence-electron chi connectivity index (χ0n) is 12.8. The molecule has 0 unspecified atom stereocenters. The van der Waals surface area contributed by atoms with Crippen LogP contribution in [0.4, 0.5) is 0 Å². The van der Waals surface area contributed by atoms with Gasteiger partial charge in [-0.2, -0.15) is 0 Å². The predicted octanol–water partition coefficient (Wildman–Crippen LogP) is 1.85. The third-order valence-corrected chi connectivity index (χ3v) is 3.82. The molecule has 0 aliphatic heterocycles. The fraction of sp³-hybridized carbons (Fsp3) is 0.562. The molecule has 116 valence electrons. The third kappa shape index (κ3) is 4.63. The van der Waals surface area contributed by atoms with E-state index in [4.69, 9.17) is 9.47 Å². The van der Waals surface area contributed by atoms with Crippen molar-refractivity contribution in [1.29, 1.82) is 0 Å². The molecule has 0 saturated heterocycles.